The molecule has 0 spiro atoms. The molecule has 0 radical (unpaired) electrons. The van der Waals surface area contributed by atoms with Crippen LogP contribution in [0.15, 0.2) is 198 Å². The Morgan fingerprint density at radius 2 is 0.755 bits per heavy atom. The van der Waals surface area contributed by atoms with Crippen LogP contribution in [-0.4, -0.2) is 0 Å². The molecule has 230 valence electrons. The predicted octanol–water partition coefficient (Wildman–Crippen LogP) is 13.6. The Labute approximate surface area is 294 Å². The summed E-state index contributed by atoms with van der Waals surface area (Å²) in [5.74, 6) is 0. The van der Waals surface area contributed by atoms with Crippen molar-refractivity contribution >= 4 is 21.9 Å². The van der Waals surface area contributed by atoms with E-state index < -0.39 is 12.1 Å². The highest BCUT2D eigenvalue weighted by Gasteiger charge is 2.16. The molecule has 0 fully saturated rings. The van der Waals surface area contributed by atoms with Gasteiger partial charge in [-0.05, 0) is 103 Å². The van der Waals surface area contributed by atoms with Crippen LogP contribution in [0.5, 0.6) is 0 Å². The lowest BCUT2D eigenvalue weighted by Gasteiger charge is -2.14. The molecule has 1 heterocycles. The highest BCUT2D eigenvalue weighted by molar-refractivity contribution is 6.13. The average Bonchev–Trinajstić information content (AvgIpc) is 3.64. The van der Waals surface area contributed by atoms with Crippen molar-refractivity contribution in [3.8, 4) is 66.8 Å². The summed E-state index contributed by atoms with van der Waals surface area (Å²) in [6.07, 6.45) is 0. The van der Waals surface area contributed by atoms with Crippen LogP contribution in [0.25, 0.3) is 88.7 Å². The first-order valence-electron chi connectivity index (χ1n) is 19.3. The van der Waals surface area contributed by atoms with Gasteiger partial charge in [-0.3, -0.25) is 0 Å². The molecule has 0 saturated heterocycles. The van der Waals surface area contributed by atoms with Gasteiger partial charge in [0.15, 0.2) is 0 Å². The smallest absolute Gasteiger partial charge is 0.136 e. The fraction of sp³-hybridized carbons (Fsp3) is 0. The van der Waals surface area contributed by atoms with Gasteiger partial charge in [0.2, 0.25) is 0 Å². The summed E-state index contributed by atoms with van der Waals surface area (Å²) in [5, 5.41) is 0.496. The zero-order valence-corrected chi connectivity index (χ0v) is 26.4. The van der Waals surface area contributed by atoms with Gasteiger partial charge in [0.1, 0.15) is 11.2 Å². The third kappa shape index (κ3) is 5.52. The van der Waals surface area contributed by atoms with Gasteiger partial charge in [-0.2, -0.15) is 0 Å². The van der Waals surface area contributed by atoms with Gasteiger partial charge in [0, 0.05) is 10.8 Å². The number of benzene rings is 8. The minimum Gasteiger partial charge on any atom is -0.456 e. The summed E-state index contributed by atoms with van der Waals surface area (Å²) in [7, 11) is 0. The lowest BCUT2D eigenvalue weighted by Crippen LogP contribution is -1.88. The molecule has 0 saturated carbocycles. The zero-order chi connectivity index (χ0) is 37.8. The standard InChI is InChI=1S/C48H32O/c1-4-12-33(13-5-1)35-20-24-37(25-21-35)40-28-41(38-26-22-36(23-27-38)34-14-6-2-7-15-34)30-42(29-40)43-31-45(39-16-8-3-9-17-39)48-44-18-10-11-19-46(44)49-47(48)32-43/h1-32H/i10D,11D,18D,19D,31D,32D. The molecule has 1 aromatic heterocycles. The van der Waals surface area contributed by atoms with Gasteiger partial charge >= 0.3 is 0 Å². The number of rotatable bonds is 6. The molecule has 9 aromatic rings. The van der Waals surface area contributed by atoms with Crippen molar-refractivity contribution in [1.29, 1.82) is 0 Å². The maximum Gasteiger partial charge on any atom is 0.136 e. The molecule has 0 amide bonds. The fourth-order valence-corrected chi connectivity index (χ4v) is 6.52. The van der Waals surface area contributed by atoms with Crippen molar-refractivity contribution in [2.24, 2.45) is 0 Å². The molecule has 1 heteroatoms. The highest BCUT2D eigenvalue weighted by Crippen LogP contribution is 2.42. The van der Waals surface area contributed by atoms with Crippen molar-refractivity contribution in [3.63, 3.8) is 0 Å². The summed E-state index contributed by atoms with van der Waals surface area (Å²) in [5.41, 5.74) is 10.4. The maximum atomic E-state index is 9.82. The van der Waals surface area contributed by atoms with E-state index in [0.29, 0.717) is 27.6 Å². The molecular formula is C48H32O. The number of hydrogen-bond acceptors (Lipinski definition) is 1. The quantitative estimate of drug-likeness (QED) is 0.178. The van der Waals surface area contributed by atoms with Crippen LogP contribution in [0.2, 0.25) is 0 Å². The minimum atomic E-state index is -0.412. The normalized spacial score (nSPS) is 13.0. The fourth-order valence-electron chi connectivity index (χ4n) is 6.52. The molecule has 8 aromatic carbocycles. The van der Waals surface area contributed by atoms with E-state index in [1.54, 1.807) is 0 Å². The Balaban J connectivity index is 1.31. The summed E-state index contributed by atoms with van der Waals surface area (Å²) in [6, 6.07) is 51.3. The second kappa shape index (κ2) is 12.3. The van der Waals surface area contributed by atoms with Crippen LogP contribution in [0.3, 0.4) is 0 Å². The molecule has 0 aliphatic rings. The van der Waals surface area contributed by atoms with E-state index in [0.717, 1.165) is 44.5 Å². The van der Waals surface area contributed by atoms with Crippen LogP contribution in [0.4, 0.5) is 0 Å². The van der Waals surface area contributed by atoms with Gasteiger partial charge in [0.05, 0.1) is 8.22 Å². The first-order chi connectivity index (χ1) is 26.8. The Bertz CT molecular complexity index is 2780. The van der Waals surface area contributed by atoms with E-state index >= 15 is 0 Å². The van der Waals surface area contributed by atoms with Gasteiger partial charge in [-0.15, -0.1) is 0 Å². The molecule has 9 rings (SSSR count). The van der Waals surface area contributed by atoms with E-state index in [-0.39, 0.29) is 40.7 Å². The second-order valence-electron chi connectivity index (χ2n) is 12.1. The summed E-state index contributed by atoms with van der Waals surface area (Å²) in [4.78, 5) is 0. The van der Waals surface area contributed by atoms with Crippen LogP contribution in [-0.2, 0) is 0 Å². The average molecular weight is 631 g/mol. The van der Waals surface area contributed by atoms with Gasteiger partial charge < -0.3 is 4.42 Å². The maximum absolute atomic E-state index is 9.82. The molecule has 0 aliphatic heterocycles. The van der Waals surface area contributed by atoms with Crippen molar-refractivity contribution in [2.75, 3.05) is 0 Å². The molecule has 1 nitrogen and oxygen atoms in total. The molecule has 0 bridgehead atoms. The molecule has 0 N–H and O–H groups in total. The second-order valence-corrected chi connectivity index (χ2v) is 12.1. The summed E-state index contributed by atoms with van der Waals surface area (Å²) < 4.78 is 60.0. The Morgan fingerprint density at radius 3 is 1.27 bits per heavy atom. The summed E-state index contributed by atoms with van der Waals surface area (Å²) in [6.45, 7) is 0. The van der Waals surface area contributed by atoms with Crippen LogP contribution >= 0.6 is 0 Å². The lowest BCUT2D eigenvalue weighted by molar-refractivity contribution is 0.669. The van der Waals surface area contributed by atoms with E-state index in [2.05, 4.69) is 78.9 Å². The minimum absolute atomic E-state index is 0.0327. The van der Waals surface area contributed by atoms with E-state index in [1.165, 1.54) is 0 Å². The number of hydrogen-bond donors (Lipinski definition) is 0. The molecule has 0 aliphatic carbocycles. The topological polar surface area (TPSA) is 13.1 Å². The third-order valence-corrected chi connectivity index (χ3v) is 9.01. The molecule has 49 heavy (non-hydrogen) atoms. The predicted molar refractivity (Wildman–Crippen MR) is 206 cm³/mol. The number of para-hydroxylation sites is 1. The Hall–Kier alpha value is -6.44. The van der Waals surface area contributed by atoms with Crippen molar-refractivity contribution in [3.05, 3.63) is 194 Å². The number of furan rings is 1. The first kappa shape index (κ1) is 23.0. The SMILES string of the molecule is [2H]c1c([2H])c([2H])c2c(oc3c([2H])c(-c4cc(-c5ccc(-c6ccccc6)cc5)cc(-c5ccc(-c6ccccc6)cc5)c4)c([2H])c(-c4ccccc4)c32)c1[2H]. The van der Waals surface area contributed by atoms with Crippen molar-refractivity contribution < 1.29 is 12.6 Å². The summed E-state index contributed by atoms with van der Waals surface area (Å²) >= 11 is 0. The van der Waals surface area contributed by atoms with E-state index in [4.69, 9.17) is 9.90 Å². The van der Waals surface area contributed by atoms with Crippen LogP contribution in [0, 0.1) is 0 Å². The van der Waals surface area contributed by atoms with Crippen LogP contribution in [0.1, 0.15) is 8.22 Å². The third-order valence-electron chi connectivity index (χ3n) is 9.01. The lowest BCUT2D eigenvalue weighted by atomic mass is 9.90. The van der Waals surface area contributed by atoms with Gasteiger partial charge in [-0.1, -0.05) is 158 Å². The first-order valence-corrected chi connectivity index (χ1v) is 16.3. The van der Waals surface area contributed by atoms with E-state index in [1.807, 2.05) is 78.9 Å². The Kier molecular flexibility index (Phi) is 5.77. The monoisotopic (exact) mass is 630 g/mol. The van der Waals surface area contributed by atoms with Gasteiger partial charge in [-0.25, -0.2) is 0 Å². The van der Waals surface area contributed by atoms with E-state index in [9.17, 15) is 2.74 Å². The largest absolute Gasteiger partial charge is 0.456 e. The molecular weight excluding hydrogens is 593 g/mol. The zero-order valence-electron chi connectivity index (χ0n) is 32.4. The molecule has 0 unspecified atom stereocenters. The van der Waals surface area contributed by atoms with Crippen molar-refractivity contribution in [1.82, 2.24) is 0 Å². The number of fused-ring (bicyclic) bond motifs is 3. The van der Waals surface area contributed by atoms with Gasteiger partial charge in [0.25, 0.3) is 0 Å². The highest BCUT2D eigenvalue weighted by atomic mass is 16.3. The van der Waals surface area contributed by atoms with Crippen LogP contribution < -0.4 is 0 Å². The van der Waals surface area contributed by atoms with Crippen molar-refractivity contribution in [2.45, 2.75) is 0 Å². The molecule has 0 atom stereocenters. The Morgan fingerprint density at radius 1 is 0.347 bits per heavy atom.